The van der Waals surface area contributed by atoms with Crippen LogP contribution in [0.2, 0.25) is 0 Å². The number of hydrogen-bond donors (Lipinski definition) is 3. The third kappa shape index (κ3) is 5.26. The van der Waals surface area contributed by atoms with E-state index in [1.165, 1.54) is 12.1 Å². The van der Waals surface area contributed by atoms with Crippen molar-refractivity contribution in [1.29, 1.82) is 0 Å². The maximum Gasteiger partial charge on any atom is 0.314 e. The Hall–Kier alpha value is -1.62. The van der Waals surface area contributed by atoms with Crippen molar-refractivity contribution in [2.24, 2.45) is 0 Å². The molecule has 0 aliphatic rings. The van der Waals surface area contributed by atoms with Gasteiger partial charge in [0.05, 0.1) is 0 Å². The normalized spacial score (nSPS) is 11.2. The predicted molar refractivity (Wildman–Crippen MR) is 72.5 cm³/mol. The van der Waals surface area contributed by atoms with Gasteiger partial charge in [0.1, 0.15) is 5.82 Å². The fourth-order valence-electron chi connectivity index (χ4n) is 1.65. The smallest absolute Gasteiger partial charge is 0.314 e. The van der Waals surface area contributed by atoms with Gasteiger partial charge in [-0.15, -0.1) is 0 Å². The molecule has 0 aliphatic heterocycles. The highest BCUT2D eigenvalue weighted by atomic mass is 19.1. The van der Waals surface area contributed by atoms with E-state index in [0.29, 0.717) is 19.5 Å². The number of carbonyl (C=O) groups is 1. The lowest BCUT2D eigenvalue weighted by Crippen LogP contribution is -2.42. The third-order valence-corrected chi connectivity index (χ3v) is 2.94. The maximum atomic E-state index is 12.9. The molecule has 4 nitrogen and oxygen atoms in total. The minimum absolute atomic E-state index is 0.0569. The van der Waals surface area contributed by atoms with E-state index in [9.17, 15) is 9.18 Å². The third-order valence-electron chi connectivity index (χ3n) is 2.94. The number of aliphatic hydroxyl groups is 1. The molecule has 0 atom stereocenters. The molecule has 2 amide bonds. The van der Waals surface area contributed by atoms with Crippen LogP contribution in [0, 0.1) is 5.82 Å². The molecule has 0 heterocycles. The summed E-state index contributed by atoms with van der Waals surface area (Å²) in [6, 6.07) is 6.02. The molecule has 1 aromatic rings. The second kappa shape index (κ2) is 7.09. The molecule has 0 aliphatic carbocycles. The van der Waals surface area contributed by atoms with Gasteiger partial charge in [-0.3, -0.25) is 0 Å². The molecule has 0 saturated heterocycles. The Bertz CT molecular complexity index is 404. The largest absolute Gasteiger partial charge is 0.396 e. The van der Waals surface area contributed by atoms with Crippen LogP contribution in [0.3, 0.4) is 0 Å². The first kappa shape index (κ1) is 15.4. The molecule has 1 rings (SSSR count). The second-order valence-electron chi connectivity index (χ2n) is 5.08. The van der Waals surface area contributed by atoms with Crippen molar-refractivity contribution < 1.29 is 14.3 Å². The maximum absolute atomic E-state index is 12.9. The fraction of sp³-hybridized carbons (Fsp3) is 0.500. The van der Waals surface area contributed by atoms with Crippen LogP contribution in [-0.2, 0) is 5.41 Å². The lowest BCUT2D eigenvalue weighted by molar-refractivity contribution is 0.235. The molecular formula is C14H21FN2O2. The number of rotatable bonds is 6. The number of hydrogen-bond acceptors (Lipinski definition) is 2. The van der Waals surface area contributed by atoms with E-state index in [1.54, 1.807) is 12.1 Å². The van der Waals surface area contributed by atoms with Gasteiger partial charge in [-0.05, 0) is 24.1 Å². The summed E-state index contributed by atoms with van der Waals surface area (Å²) in [5.74, 6) is -0.269. The highest BCUT2D eigenvalue weighted by Crippen LogP contribution is 2.22. The summed E-state index contributed by atoms with van der Waals surface area (Å²) in [5.41, 5.74) is 0.687. The molecule has 0 spiro atoms. The number of nitrogens with one attached hydrogen (secondary N) is 2. The van der Waals surface area contributed by atoms with E-state index in [1.807, 2.05) is 13.8 Å². The van der Waals surface area contributed by atoms with Gasteiger partial charge in [0.15, 0.2) is 0 Å². The minimum atomic E-state index is -0.276. The van der Waals surface area contributed by atoms with Crippen LogP contribution < -0.4 is 10.6 Å². The first-order chi connectivity index (χ1) is 8.95. The van der Waals surface area contributed by atoms with Crippen LogP contribution in [0.25, 0.3) is 0 Å². The van der Waals surface area contributed by atoms with Crippen LogP contribution in [0.15, 0.2) is 24.3 Å². The second-order valence-corrected chi connectivity index (χ2v) is 5.08. The summed E-state index contributed by atoms with van der Waals surface area (Å²) in [5, 5.41) is 14.0. The Kier molecular flexibility index (Phi) is 5.76. The van der Waals surface area contributed by atoms with E-state index in [0.717, 1.165) is 5.56 Å². The van der Waals surface area contributed by atoms with Crippen molar-refractivity contribution in [2.75, 3.05) is 19.7 Å². The Morgan fingerprint density at radius 2 is 1.89 bits per heavy atom. The van der Waals surface area contributed by atoms with Crippen LogP contribution in [-0.4, -0.2) is 30.8 Å². The van der Waals surface area contributed by atoms with Gasteiger partial charge in [-0.2, -0.15) is 0 Å². The Balaban J connectivity index is 2.46. The van der Waals surface area contributed by atoms with Crippen molar-refractivity contribution in [3.63, 3.8) is 0 Å². The Morgan fingerprint density at radius 1 is 1.26 bits per heavy atom. The van der Waals surface area contributed by atoms with Crippen molar-refractivity contribution >= 4 is 6.03 Å². The van der Waals surface area contributed by atoms with Gasteiger partial charge in [0, 0.05) is 25.1 Å². The lowest BCUT2D eigenvalue weighted by Gasteiger charge is -2.25. The summed E-state index contributed by atoms with van der Waals surface area (Å²) >= 11 is 0. The fourth-order valence-corrected chi connectivity index (χ4v) is 1.65. The van der Waals surface area contributed by atoms with E-state index in [4.69, 9.17) is 5.11 Å². The van der Waals surface area contributed by atoms with Gasteiger partial charge in [0.25, 0.3) is 0 Å². The zero-order chi connectivity index (χ0) is 14.3. The summed E-state index contributed by atoms with van der Waals surface area (Å²) in [4.78, 5) is 11.5. The van der Waals surface area contributed by atoms with Crippen LogP contribution in [0.1, 0.15) is 25.8 Å². The first-order valence-electron chi connectivity index (χ1n) is 6.34. The average Bonchev–Trinajstić information content (AvgIpc) is 2.37. The molecule has 106 valence electrons. The summed E-state index contributed by atoms with van der Waals surface area (Å²) < 4.78 is 12.9. The highest BCUT2D eigenvalue weighted by molar-refractivity contribution is 5.73. The zero-order valence-corrected chi connectivity index (χ0v) is 11.4. The lowest BCUT2D eigenvalue weighted by atomic mass is 9.84. The number of amides is 2. The molecule has 0 saturated carbocycles. The topological polar surface area (TPSA) is 61.4 Å². The minimum Gasteiger partial charge on any atom is -0.396 e. The van der Waals surface area contributed by atoms with E-state index >= 15 is 0 Å². The Labute approximate surface area is 113 Å². The first-order valence-corrected chi connectivity index (χ1v) is 6.34. The number of aliphatic hydroxyl groups excluding tert-OH is 1. The van der Waals surface area contributed by atoms with Gasteiger partial charge in [-0.25, -0.2) is 9.18 Å². The van der Waals surface area contributed by atoms with Crippen LogP contribution in [0.5, 0.6) is 0 Å². The predicted octanol–water partition coefficient (Wildman–Crippen LogP) is 1.78. The van der Waals surface area contributed by atoms with Crippen molar-refractivity contribution in [3.8, 4) is 0 Å². The molecule has 0 radical (unpaired) electrons. The average molecular weight is 268 g/mol. The number of halogens is 1. The van der Waals surface area contributed by atoms with Gasteiger partial charge in [0.2, 0.25) is 0 Å². The van der Waals surface area contributed by atoms with Crippen molar-refractivity contribution in [3.05, 3.63) is 35.6 Å². The number of urea groups is 1. The molecule has 3 N–H and O–H groups in total. The van der Waals surface area contributed by atoms with Crippen LogP contribution in [0.4, 0.5) is 9.18 Å². The van der Waals surface area contributed by atoms with Crippen molar-refractivity contribution in [1.82, 2.24) is 10.6 Å². The summed E-state index contributed by atoms with van der Waals surface area (Å²) in [6.45, 7) is 4.91. The quantitative estimate of drug-likeness (QED) is 0.689. The summed E-state index contributed by atoms with van der Waals surface area (Å²) in [6.07, 6.45) is 0.536. The van der Waals surface area contributed by atoms with E-state index in [2.05, 4.69) is 10.6 Å². The van der Waals surface area contributed by atoms with Gasteiger partial charge < -0.3 is 15.7 Å². The summed E-state index contributed by atoms with van der Waals surface area (Å²) in [7, 11) is 0. The monoisotopic (exact) mass is 268 g/mol. The van der Waals surface area contributed by atoms with Gasteiger partial charge >= 0.3 is 6.03 Å². The Morgan fingerprint density at radius 3 is 2.47 bits per heavy atom. The number of carbonyl (C=O) groups excluding carboxylic acids is 1. The SMILES string of the molecule is CC(C)(CNC(=O)NCCCO)c1ccc(F)cc1. The standard InChI is InChI=1S/C14H21FN2O2/c1-14(2,11-4-6-12(15)7-5-11)10-17-13(19)16-8-3-9-18/h4-7,18H,3,8-10H2,1-2H3,(H2,16,17,19). The van der Waals surface area contributed by atoms with E-state index < -0.39 is 0 Å². The molecule has 0 bridgehead atoms. The van der Waals surface area contributed by atoms with Crippen LogP contribution >= 0.6 is 0 Å². The van der Waals surface area contributed by atoms with Crippen molar-refractivity contribution in [2.45, 2.75) is 25.7 Å². The molecule has 19 heavy (non-hydrogen) atoms. The van der Waals surface area contributed by atoms with E-state index in [-0.39, 0.29) is 23.9 Å². The highest BCUT2D eigenvalue weighted by Gasteiger charge is 2.21. The zero-order valence-electron chi connectivity index (χ0n) is 11.4. The van der Waals surface area contributed by atoms with Gasteiger partial charge in [-0.1, -0.05) is 26.0 Å². The molecule has 0 unspecified atom stereocenters. The molecule has 0 aromatic heterocycles. The molecule has 0 fully saturated rings. The molecule has 5 heteroatoms. The molecular weight excluding hydrogens is 247 g/mol. The molecule has 1 aromatic carbocycles. The number of benzene rings is 1.